The summed E-state index contributed by atoms with van der Waals surface area (Å²) in [6.07, 6.45) is 0. The fourth-order valence-corrected chi connectivity index (χ4v) is 1.29. The van der Waals surface area contributed by atoms with Crippen molar-refractivity contribution in [1.29, 1.82) is 0 Å². The van der Waals surface area contributed by atoms with Crippen LogP contribution in [0.1, 0.15) is 0 Å². The molecule has 0 aliphatic carbocycles. The minimum Gasteiger partial charge on any atom is -0.508 e. The first-order chi connectivity index (χ1) is 6.37. The van der Waals surface area contributed by atoms with Gasteiger partial charge >= 0.3 is 0 Å². The highest BCUT2D eigenvalue weighted by molar-refractivity contribution is 6.69. The maximum atomic E-state index is 9.18. The molecule has 0 aliphatic rings. The maximum Gasteiger partial charge on any atom is 0.220 e. The quantitative estimate of drug-likeness (QED) is 0.532. The first-order valence-corrected chi connectivity index (χ1v) is 7.75. The number of phenols is 2. The Hall–Kier alpha value is -1.20. The van der Waals surface area contributed by atoms with Gasteiger partial charge in [-0.1, -0.05) is 0 Å². The number of benzene rings is 1. The van der Waals surface area contributed by atoms with Gasteiger partial charge in [-0.15, -0.1) is 0 Å². The molecule has 1 aromatic rings. The number of hydrogen-bond donors (Lipinski definition) is 3. The molecule has 14 heavy (non-hydrogen) atoms. The molecule has 0 radical (unpaired) electrons. The van der Waals surface area contributed by atoms with E-state index in [9.17, 15) is 10.2 Å². The fraction of sp³-hybridized carbons (Fsp3) is 0.333. The van der Waals surface area contributed by atoms with E-state index in [4.69, 9.17) is 4.53 Å². The van der Waals surface area contributed by atoms with Crippen LogP contribution >= 0.6 is 0 Å². The van der Waals surface area contributed by atoms with Crippen molar-refractivity contribution in [2.24, 2.45) is 0 Å². The largest absolute Gasteiger partial charge is 0.508 e. The van der Waals surface area contributed by atoms with Crippen molar-refractivity contribution in [2.45, 2.75) is 19.6 Å². The van der Waals surface area contributed by atoms with E-state index in [-0.39, 0.29) is 11.5 Å². The number of nitrogens with one attached hydrogen (secondary N) is 1. The highest BCUT2D eigenvalue weighted by atomic mass is 28.4. The van der Waals surface area contributed by atoms with E-state index in [1.54, 1.807) is 0 Å². The van der Waals surface area contributed by atoms with Crippen LogP contribution < -0.4 is 5.48 Å². The number of anilines is 1. The van der Waals surface area contributed by atoms with Gasteiger partial charge in [-0.25, -0.2) is 0 Å². The average Bonchev–Trinajstić information content (AvgIpc) is 1.97. The number of hydrogen-bond acceptors (Lipinski definition) is 4. The van der Waals surface area contributed by atoms with Crippen LogP contribution in [0.15, 0.2) is 18.2 Å². The molecule has 0 heterocycles. The minimum atomic E-state index is -1.65. The van der Waals surface area contributed by atoms with Gasteiger partial charge in [-0.2, -0.15) is 0 Å². The zero-order valence-corrected chi connectivity index (χ0v) is 9.53. The first kappa shape index (κ1) is 10.9. The van der Waals surface area contributed by atoms with Crippen LogP contribution in [-0.4, -0.2) is 18.5 Å². The van der Waals surface area contributed by atoms with E-state index in [2.05, 4.69) is 5.48 Å². The monoisotopic (exact) mass is 213 g/mol. The van der Waals surface area contributed by atoms with E-state index in [1.807, 2.05) is 19.6 Å². The summed E-state index contributed by atoms with van der Waals surface area (Å²) < 4.78 is 5.39. The summed E-state index contributed by atoms with van der Waals surface area (Å²) in [7, 11) is -1.65. The van der Waals surface area contributed by atoms with E-state index in [0.717, 1.165) is 0 Å². The van der Waals surface area contributed by atoms with Crippen LogP contribution in [0.4, 0.5) is 5.69 Å². The molecular formula is C9H15NO3Si. The Balaban J connectivity index is 2.68. The predicted octanol–water partition coefficient (Wildman–Crippen LogP) is 2.28. The molecule has 0 atom stereocenters. The van der Waals surface area contributed by atoms with Crippen molar-refractivity contribution in [3.8, 4) is 11.5 Å². The molecule has 0 saturated carbocycles. The van der Waals surface area contributed by atoms with Gasteiger partial charge < -0.3 is 14.7 Å². The number of aromatic hydroxyl groups is 2. The van der Waals surface area contributed by atoms with Crippen molar-refractivity contribution >= 4 is 14.0 Å². The van der Waals surface area contributed by atoms with Crippen LogP contribution in [-0.2, 0) is 4.53 Å². The molecule has 5 heteroatoms. The zero-order valence-electron chi connectivity index (χ0n) is 8.53. The lowest BCUT2D eigenvalue weighted by atomic mass is 10.3. The van der Waals surface area contributed by atoms with Crippen LogP contribution in [0.2, 0.25) is 19.6 Å². The Bertz CT molecular complexity index is 302. The molecule has 0 amide bonds. The first-order valence-electron chi connectivity index (χ1n) is 4.34. The number of phenolic OH excluding ortho intramolecular Hbond substituents is 2. The van der Waals surface area contributed by atoms with Gasteiger partial charge in [-0.3, -0.25) is 5.48 Å². The van der Waals surface area contributed by atoms with E-state index >= 15 is 0 Å². The van der Waals surface area contributed by atoms with Crippen molar-refractivity contribution in [3.05, 3.63) is 18.2 Å². The molecule has 3 N–H and O–H groups in total. The molecule has 0 aromatic heterocycles. The van der Waals surface area contributed by atoms with Crippen LogP contribution in [0.5, 0.6) is 11.5 Å². The van der Waals surface area contributed by atoms with Crippen LogP contribution in [0.25, 0.3) is 0 Å². The Labute approximate surface area is 84.2 Å². The lowest BCUT2D eigenvalue weighted by molar-refractivity contribution is 0.398. The van der Waals surface area contributed by atoms with E-state index < -0.39 is 8.32 Å². The van der Waals surface area contributed by atoms with Crippen molar-refractivity contribution in [2.75, 3.05) is 5.48 Å². The molecule has 0 bridgehead atoms. The minimum absolute atomic E-state index is 0.00618. The standard InChI is InChI=1S/C9H15NO3Si/c1-14(2,3)13-10-7-4-8(11)6-9(12)5-7/h4-6,10-12H,1-3H3. The van der Waals surface area contributed by atoms with Gasteiger partial charge in [0, 0.05) is 18.2 Å². The molecular weight excluding hydrogens is 198 g/mol. The second kappa shape index (κ2) is 3.89. The molecule has 0 saturated heterocycles. The summed E-state index contributed by atoms with van der Waals surface area (Å²) in [4.78, 5) is 0. The predicted molar refractivity (Wildman–Crippen MR) is 57.8 cm³/mol. The molecule has 1 aromatic carbocycles. The topological polar surface area (TPSA) is 61.7 Å². The molecule has 0 spiro atoms. The third-order valence-corrected chi connectivity index (χ3v) is 2.09. The molecule has 78 valence electrons. The lowest BCUT2D eigenvalue weighted by Gasteiger charge is -2.18. The second-order valence-corrected chi connectivity index (χ2v) is 8.48. The maximum absolute atomic E-state index is 9.18. The second-order valence-electron chi connectivity index (χ2n) is 4.05. The van der Waals surface area contributed by atoms with Gasteiger partial charge in [-0.05, 0) is 19.6 Å². The normalized spacial score (nSPS) is 11.4. The molecule has 0 fully saturated rings. The summed E-state index contributed by atoms with van der Waals surface area (Å²) in [6.45, 7) is 6.09. The van der Waals surface area contributed by atoms with Crippen molar-refractivity contribution in [1.82, 2.24) is 0 Å². The van der Waals surface area contributed by atoms with Crippen LogP contribution in [0.3, 0.4) is 0 Å². The summed E-state index contributed by atoms with van der Waals surface area (Å²) in [5.41, 5.74) is 3.25. The Morgan fingerprint density at radius 1 is 1.07 bits per heavy atom. The zero-order chi connectivity index (χ0) is 10.8. The summed E-state index contributed by atoms with van der Waals surface area (Å²) >= 11 is 0. The summed E-state index contributed by atoms with van der Waals surface area (Å²) in [6, 6.07) is 4.24. The van der Waals surface area contributed by atoms with Gasteiger partial charge in [0.2, 0.25) is 8.32 Å². The van der Waals surface area contributed by atoms with Gasteiger partial charge in [0.1, 0.15) is 11.5 Å². The number of rotatable bonds is 3. The smallest absolute Gasteiger partial charge is 0.220 e. The average molecular weight is 213 g/mol. The van der Waals surface area contributed by atoms with Gasteiger partial charge in [0.25, 0.3) is 0 Å². The summed E-state index contributed by atoms with van der Waals surface area (Å²) in [5, 5.41) is 18.4. The fourth-order valence-electron chi connectivity index (χ4n) is 0.866. The van der Waals surface area contributed by atoms with E-state index in [1.165, 1.54) is 18.2 Å². The SMILES string of the molecule is C[Si](C)(C)ONc1cc(O)cc(O)c1. The van der Waals surface area contributed by atoms with Crippen LogP contribution in [0, 0.1) is 0 Å². The van der Waals surface area contributed by atoms with Crippen molar-refractivity contribution < 1.29 is 14.7 Å². The highest BCUT2D eigenvalue weighted by Gasteiger charge is 2.15. The molecule has 4 nitrogen and oxygen atoms in total. The molecule has 0 unspecified atom stereocenters. The van der Waals surface area contributed by atoms with Crippen molar-refractivity contribution in [3.63, 3.8) is 0 Å². The van der Waals surface area contributed by atoms with Gasteiger partial charge in [0.05, 0.1) is 5.69 Å². The summed E-state index contributed by atoms with van der Waals surface area (Å²) in [5.74, 6) is 0.0124. The van der Waals surface area contributed by atoms with Gasteiger partial charge in [0.15, 0.2) is 0 Å². The Morgan fingerprint density at radius 3 is 2.00 bits per heavy atom. The molecule has 0 aliphatic heterocycles. The van der Waals surface area contributed by atoms with E-state index in [0.29, 0.717) is 5.69 Å². The third-order valence-electron chi connectivity index (χ3n) is 1.38. The Morgan fingerprint density at radius 2 is 1.57 bits per heavy atom. The Kier molecular flexibility index (Phi) is 3.02. The highest BCUT2D eigenvalue weighted by Crippen LogP contribution is 2.24. The molecule has 1 rings (SSSR count). The lowest BCUT2D eigenvalue weighted by Crippen LogP contribution is -2.28. The third kappa shape index (κ3) is 3.67.